The van der Waals surface area contributed by atoms with Crippen LogP contribution in [0.15, 0.2) is 23.2 Å². The van der Waals surface area contributed by atoms with Gasteiger partial charge in [-0.25, -0.2) is 4.39 Å². The monoisotopic (exact) mass is 450 g/mol. The van der Waals surface area contributed by atoms with Gasteiger partial charge in [0.05, 0.1) is 0 Å². The second kappa shape index (κ2) is 13.0. The van der Waals surface area contributed by atoms with Crippen LogP contribution in [0.4, 0.5) is 4.39 Å². The van der Waals surface area contributed by atoms with Gasteiger partial charge in [0.1, 0.15) is 5.82 Å². The van der Waals surface area contributed by atoms with Crippen molar-refractivity contribution >= 4 is 35.8 Å². The summed E-state index contributed by atoms with van der Waals surface area (Å²) in [5, 5.41) is 5.65. The van der Waals surface area contributed by atoms with E-state index in [4.69, 9.17) is 5.73 Å². The summed E-state index contributed by atoms with van der Waals surface area (Å²) in [6, 6.07) is 4.43. The van der Waals surface area contributed by atoms with Gasteiger partial charge < -0.3 is 16.4 Å². The topological polar surface area (TPSA) is 79.5 Å². The van der Waals surface area contributed by atoms with E-state index in [-0.39, 0.29) is 35.7 Å². The molecule has 7 heteroatoms. The van der Waals surface area contributed by atoms with Gasteiger partial charge in [-0.05, 0) is 31.0 Å². The van der Waals surface area contributed by atoms with Gasteiger partial charge >= 0.3 is 0 Å². The number of guanidine groups is 1. The van der Waals surface area contributed by atoms with Crippen molar-refractivity contribution in [3.05, 3.63) is 35.1 Å². The van der Waals surface area contributed by atoms with E-state index in [9.17, 15) is 9.18 Å². The molecule has 1 aromatic carbocycles. The first-order valence-corrected chi connectivity index (χ1v) is 8.12. The molecule has 0 aliphatic heterocycles. The number of hydrogen-bond acceptors (Lipinski definition) is 2. The van der Waals surface area contributed by atoms with Gasteiger partial charge in [0.2, 0.25) is 0 Å². The van der Waals surface area contributed by atoms with Gasteiger partial charge in [0.25, 0.3) is 5.91 Å². The number of rotatable bonds is 9. The molecule has 0 unspecified atom stereocenters. The molecule has 0 aliphatic carbocycles. The molecule has 136 valence electrons. The molecular weight excluding hydrogens is 422 g/mol. The fourth-order valence-electron chi connectivity index (χ4n) is 2.00. The number of nitrogens with two attached hydrogens (primary N) is 1. The summed E-state index contributed by atoms with van der Waals surface area (Å²) in [7, 11) is 0. The number of carbonyl (C=O) groups excluding carboxylic acids is 1. The molecule has 0 radical (unpaired) electrons. The maximum absolute atomic E-state index is 13.4. The standard InChI is InChI=1S/C17H27FN4O.HI/c1-3-4-5-6-9-21-17(19)22-11-10-20-16(23)14-8-7-13(2)15(18)12-14;/h7-8,12H,3-6,9-11H2,1-2H3,(H,20,23)(H3,19,21,22);1H. The van der Waals surface area contributed by atoms with Gasteiger partial charge in [0, 0.05) is 25.2 Å². The molecule has 0 spiro atoms. The Kier molecular flexibility index (Phi) is 12.2. The minimum absolute atomic E-state index is 0. The minimum Gasteiger partial charge on any atom is -0.370 e. The van der Waals surface area contributed by atoms with Crippen molar-refractivity contribution in [2.24, 2.45) is 10.7 Å². The van der Waals surface area contributed by atoms with E-state index in [1.165, 1.54) is 18.9 Å². The molecule has 0 saturated carbocycles. The lowest BCUT2D eigenvalue weighted by molar-refractivity contribution is 0.0954. The van der Waals surface area contributed by atoms with Crippen LogP contribution in [-0.2, 0) is 0 Å². The Bertz CT molecular complexity index is 537. The van der Waals surface area contributed by atoms with Gasteiger partial charge in [-0.3, -0.25) is 9.79 Å². The zero-order valence-corrected chi connectivity index (χ0v) is 16.7. The molecule has 5 nitrogen and oxygen atoms in total. The normalized spacial score (nSPS) is 10.9. The highest BCUT2D eigenvalue weighted by molar-refractivity contribution is 14.0. The fourth-order valence-corrected chi connectivity index (χ4v) is 2.00. The molecule has 24 heavy (non-hydrogen) atoms. The van der Waals surface area contributed by atoms with Crippen LogP contribution in [0.25, 0.3) is 0 Å². The van der Waals surface area contributed by atoms with E-state index < -0.39 is 0 Å². The lowest BCUT2D eigenvalue weighted by Gasteiger charge is -2.08. The third kappa shape index (κ3) is 9.05. The Hall–Kier alpha value is -1.38. The maximum atomic E-state index is 13.4. The second-order valence-electron chi connectivity index (χ2n) is 5.47. The van der Waals surface area contributed by atoms with E-state index in [0.29, 0.717) is 36.7 Å². The van der Waals surface area contributed by atoms with Crippen molar-refractivity contribution in [3.63, 3.8) is 0 Å². The number of nitrogens with one attached hydrogen (secondary N) is 2. The fraction of sp³-hybridized carbons (Fsp3) is 0.529. The highest BCUT2D eigenvalue weighted by atomic mass is 127. The lowest BCUT2D eigenvalue weighted by Crippen LogP contribution is -2.38. The van der Waals surface area contributed by atoms with Crippen LogP contribution in [-0.4, -0.2) is 31.5 Å². The summed E-state index contributed by atoms with van der Waals surface area (Å²) in [4.78, 5) is 16.1. The van der Waals surface area contributed by atoms with Crippen molar-refractivity contribution in [3.8, 4) is 0 Å². The molecule has 4 N–H and O–H groups in total. The minimum atomic E-state index is -0.379. The van der Waals surface area contributed by atoms with Crippen LogP contribution in [0.1, 0.15) is 48.5 Å². The molecule has 1 aromatic rings. The molecular formula is C17H28FIN4O. The average molecular weight is 450 g/mol. The molecule has 0 bridgehead atoms. The molecule has 0 fully saturated rings. The number of aliphatic imine (C=N–C) groups is 1. The molecule has 1 amide bonds. The number of amides is 1. The van der Waals surface area contributed by atoms with Crippen LogP contribution in [0.2, 0.25) is 0 Å². The van der Waals surface area contributed by atoms with Crippen LogP contribution >= 0.6 is 24.0 Å². The molecule has 0 atom stereocenters. The third-order valence-electron chi connectivity index (χ3n) is 3.44. The first-order chi connectivity index (χ1) is 11.0. The maximum Gasteiger partial charge on any atom is 0.251 e. The van der Waals surface area contributed by atoms with Crippen molar-refractivity contribution in [2.75, 3.05) is 19.6 Å². The van der Waals surface area contributed by atoms with E-state index in [1.54, 1.807) is 19.1 Å². The first kappa shape index (κ1) is 22.6. The van der Waals surface area contributed by atoms with E-state index in [0.717, 1.165) is 12.8 Å². The van der Waals surface area contributed by atoms with Gasteiger partial charge in [0.15, 0.2) is 5.96 Å². The van der Waals surface area contributed by atoms with Crippen molar-refractivity contribution < 1.29 is 9.18 Å². The van der Waals surface area contributed by atoms with Gasteiger partial charge in [-0.2, -0.15) is 0 Å². The SMILES string of the molecule is CCCCCCN=C(N)NCCNC(=O)c1ccc(C)c(F)c1.I. The smallest absolute Gasteiger partial charge is 0.251 e. The zero-order valence-electron chi connectivity index (χ0n) is 14.4. The number of hydrogen-bond donors (Lipinski definition) is 3. The summed E-state index contributed by atoms with van der Waals surface area (Å²) < 4.78 is 13.4. The van der Waals surface area contributed by atoms with Gasteiger partial charge in [-0.15, -0.1) is 24.0 Å². The lowest BCUT2D eigenvalue weighted by atomic mass is 10.1. The Morgan fingerprint density at radius 3 is 2.58 bits per heavy atom. The van der Waals surface area contributed by atoms with Crippen molar-refractivity contribution in [2.45, 2.75) is 39.5 Å². The van der Waals surface area contributed by atoms with E-state index in [1.807, 2.05) is 0 Å². The Labute approximate surface area is 160 Å². The number of aryl methyl sites for hydroxylation is 1. The largest absolute Gasteiger partial charge is 0.370 e. The molecule has 0 aromatic heterocycles. The van der Waals surface area contributed by atoms with Crippen LogP contribution in [0.5, 0.6) is 0 Å². The second-order valence-corrected chi connectivity index (χ2v) is 5.47. The number of benzene rings is 1. The number of carbonyl (C=O) groups is 1. The summed E-state index contributed by atoms with van der Waals surface area (Å²) >= 11 is 0. The molecule has 0 heterocycles. The van der Waals surface area contributed by atoms with Crippen LogP contribution in [0.3, 0.4) is 0 Å². The summed E-state index contributed by atoms with van der Waals surface area (Å²) in [6.45, 7) is 5.41. The predicted octanol–water partition coefficient (Wildman–Crippen LogP) is 2.97. The van der Waals surface area contributed by atoms with Crippen molar-refractivity contribution in [1.29, 1.82) is 0 Å². The van der Waals surface area contributed by atoms with Crippen LogP contribution in [0, 0.1) is 12.7 Å². The van der Waals surface area contributed by atoms with Gasteiger partial charge in [-0.1, -0.05) is 32.3 Å². The Morgan fingerprint density at radius 2 is 1.92 bits per heavy atom. The number of halogens is 2. The number of nitrogens with zero attached hydrogens (tertiary/aromatic N) is 1. The highest BCUT2D eigenvalue weighted by Crippen LogP contribution is 2.08. The Balaban J connectivity index is 0.00000529. The Morgan fingerprint density at radius 1 is 1.21 bits per heavy atom. The predicted molar refractivity (Wildman–Crippen MR) is 108 cm³/mol. The van der Waals surface area contributed by atoms with Crippen LogP contribution < -0.4 is 16.4 Å². The van der Waals surface area contributed by atoms with Crippen molar-refractivity contribution in [1.82, 2.24) is 10.6 Å². The van der Waals surface area contributed by atoms with E-state index in [2.05, 4.69) is 22.5 Å². The zero-order chi connectivity index (χ0) is 17.1. The summed E-state index contributed by atoms with van der Waals surface area (Å²) in [5.74, 6) is -0.298. The molecule has 0 saturated heterocycles. The van der Waals surface area contributed by atoms with E-state index >= 15 is 0 Å². The number of unbranched alkanes of at least 4 members (excludes halogenated alkanes) is 3. The molecule has 1 rings (SSSR count). The summed E-state index contributed by atoms with van der Waals surface area (Å²) in [5.41, 5.74) is 6.56. The quantitative estimate of drug-likeness (QED) is 0.234. The highest BCUT2D eigenvalue weighted by Gasteiger charge is 2.07. The summed E-state index contributed by atoms with van der Waals surface area (Å²) in [6.07, 6.45) is 4.61. The molecule has 0 aliphatic rings. The first-order valence-electron chi connectivity index (χ1n) is 8.12. The third-order valence-corrected chi connectivity index (χ3v) is 3.44. The average Bonchev–Trinajstić information content (AvgIpc) is 2.53.